The van der Waals surface area contributed by atoms with E-state index >= 15 is 0 Å². The van der Waals surface area contributed by atoms with Crippen molar-refractivity contribution in [2.24, 2.45) is 0 Å². The Morgan fingerprint density at radius 3 is 2.50 bits per heavy atom. The number of anilines is 1. The summed E-state index contributed by atoms with van der Waals surface area (Å²) in [6.07, 6.45) is -0.461. The van der Waals surface area contributed by atoms with Crippen molar-refractivity contribution in [3.8, 4) is 5.75 Å². The molecule has 0 unspecified atom stereocenters. The van der Waals surface area contributed by atoms with E-state index in [1.54, 1.807) is 18.2 Å². The van der Waals surface area contributed by atoms with E-state index in [-0.39, 0.29) is 5.54 Å². The molecule has 0 radical (unpaired) electrons. The molecular weight excluding hydrogens is 204 g/mol. The number of hydrogen-bond acceptors (Lipinski definition) is 3. The van der Waals surface area contributed by atoms with Crippen molar-refractivity contribution in [2.45, 2.75) is 33.2 Å². The summed E-state index contributed by atoms with van der Waals surface area (Å²) in [5.41, 5.74) is 6.93. The maximum atomic E-state index is 11.5. The van der Waals surface area contributed by atoms with E-state index in [1.807, 2.05) is 27.7 Å². The molecule has 88 valence electrons. The fraction of sp³-hybridized carbons (Fsp3) is 0.417. The molecule has 0 bridgehead atoms. The van der Waals surface area contributed by atoms with Gasteiger partial charge in [0.05, 0.1) is 0 Å². The fourth-order valence-electron chi connectivity index (χ4n) is 1.15. The van der Waals surface area contributed by atoms with Gasteiger partial charge in [-0.2, -0.15) is 0 Å². The second kappa shape index (κ2) is 4.43. The molecule has 0 atom stereocenters. The van der Waals surface area contributed by atoms with Crippen LogP contribution in [0, 0.1) is 6.92 Å². The van der Waals surface area contributed by atoms with Crippen LogP contribution in [0.5, 0.6) is 5.75 Å². The minimum Gasteiger partial charge on any atom is -0.410 e. The molecule has 0 aliphatic carbocycles. The monoisotopic (exact) mass is 222 g/mol. The Labute approximate surface area is 95.8 Å². The van der Waals surface area contributed by atoms with Gasteiger partial charge in [0, 0.05) is 11.2 Å². The highest BCUT2D eigenvalue weighted by atomic mass is 16.6. The molecule has 0 aliphatic rings. The van der Waals surface area contributed by atoms with E-state index < -0.39 is 6.09 Å². The number of ether oxygens (including phenoxy) is 1. The van der Waals surface area contributed by atoms with E-state index in [4.69, 9.17) is 10.5 Å². The van der Waals surface area contributed by atoms with Gasteiger partial charge in [-0.1, -0.05) is 0 Å². The van der Waals surface area contributed by atoms with Crippen molar-refractivity contribution in [2.75, 3.05) is 5.73 Å². The van der Waals surface area contributed by atoms with E-state index in [0.717, 1.165) is 5.56 Å². The van der Waals surface area contributed by atoms with Crippen molar-refractivity contribution in [1.82, 2.24) is 5.32 Å². The standard InChI is InChI=1S/C12H18N2O2/c1-8-7-9(5-6-10(8)13)16-11(15)14-12(2,3)4/h5-7H,13H2,1-4H3,(H,14,15). The Bertz CT molecular complexity index is 394. The topological polar surface area (TPSA) is 64.3 Å². The fourth-order valence-corrected chi connectivity index (χ4v) is 1.15. The Kier molecular flexibility index (Phi) is 3.42. The Hall–Kier alpha value is -1.71. The lowest BCUT2D eigenvalue weighted by molar-refractivity contribution is 0.190. The zero-order chi connectivity index (χ0) is 12.3. The number of aryl methyl sites for hydroxylation is 1. The van der Waals surface area contributed by atoms with Crippen LogP contribution in [-0.2, 0) is 0 Å². The normalized spacial score (nSPS) is 11.0. The summed E-state index contributed by atoms with van der Waals surface area (Å²) in [6, 6.07) is 5.12. The molecule has 0 fully saturated rings. The molecule has 0 saturated heterocycles. The molecule has 1 amide bonds. The first-order chi connectivity index (χ1) is 7.28. The van der Waals surface area contributed by atoms with E-state index in [2.05, 4.69) is 5.32 Å². The highest BCUT2D eigenvalue weighted by Gasteiger charge is 2.15. The summed E-state index contributed by atoms with van der Waals surface area (Å²) >= 11 is 0. The second-order valence-corrected chi connectivity index (χ2v) is 4.78. The Balaban J connectivity index is 2.67. The van der Waals surface area contributed by atoms with Crippen LogP contribution < -0.4 is 15.8 Å². The lowest BCUT2D eigenvalue weighted by atomic mass is 10.1. The number of benzene rings is 1. The average molecular weight is 222 g/mol. The number of nitrogens with two attached hydrogens (primary N) is 1. The van der Waals surface area contributed by atoms with Gasteiger partial charge in [0.15, 0.2) is 0 Å². The molecule has 0 aliphatic heterocycles. The third-order valence-corrected chi connectivity index (χ3v) is 1.93. The third kappa shape index (κ3) is 3.81. The molecule has 16 heavy (non-hydrogen) atoms. The molecule has 1 rings (SSSR count). The highest BCUT2D eigenvalue weighted by molar-refractivity contribution is 5.71. The summed E-state index contributed by atoms with van der Waals surface area (Å²) in [5.74, 6) is 0.494. The van der Waals surface area contributed by atoms with Gasteiger partial charge in [0.2, 0.25) is 0 Å². The number of nitrogen functional groups attached to an aromatic ring is 1. The van der Waals surface area contributed by atoms with Gasteiger partial charge in [-0.05, 0) is 51.5 Å². The van der Waals surface area contributed by atoms with Crippen molar-refractivity contribution in [3.63, 3.8) is 0 Å². The predicted octanol–water partition coefficient (Wildman–Crippen LogP) is 2.46. The molecule has 4 nitrogen and oxygen atoms in total. The predicted molar refractivity (Wildman–Crippen MR) is 64.5 cm³/mol. The Morgan fingerprint density at radius 2 is 2.00 bits per heavy atom. The molecule has 1 aromatic carbocycles. The molecule has 0 heterocycles. The first-order valence-electron chi connectivity index (χ1n) is 5.14. The summed E-state index contributed by atoms with van der Waals surface area (Å²) in [6.45, 7) is 7.54. The average Bonchev–Trinajstić information content (AvgIpc) is 2.08. The lowest BCUT2D eigenvalue weighted by Gasteiger charge is -2.19. The molecule has 0 saturated carbocycles. The molecule has 3 N–H and O–H groups in total. The molecule has 0 aromatic heterocycles. The summed E-state index contributed by atoms with van der Waals surface area (Å²) in [7, 11) is 0. The van der Waals surface area contributed by atoms with E-state index in [0.29, 0.717) is 11.4 Å². The number of carbonyl (C=O) groups is 1. The first-order valence-corrected chi connectivity index (χ1v) is 5.14. The summed E-state index contributed by atoms with van der Waals surface area (Å²) in [5, 5.41) is 2.71. The van der Waals surface area contributed by atoms with Crippen molar-refractivity contribution < 1.29 is 9.53 Å². The van der Waals surface area contributed by atoms with Gasteiger partial charge >= 0.3 is 6.09 Å². The number of nitrogens with one attached hydrogen (secondary N) is 1. The van der Waals surface area contributed by atoms with Crippen LogP contribution in [0.3, 0.4) is 0 Å². The Morgan fingerprint density at radius 1 is 1.38 bits per heavy atom. The van der Waals surface area contributed by atoms with E-state index in [1.165, 1.54) is 0 Å². The first kappa shape index (κ1) is 12.4. The van der Waals surface area contributed by atoms with Crippen LogP contribution in [0.25, 0.3) is 0 Å². The van der Waals surface area contributed by atoms with Gasteiger partial charge in [-0.25, -0.2) is 4.79 Å². The quantitative estimate of drug-likeness (QED) is 0.717. The summed E-state index contributed by atoms with van der Waals surface area (Å²) in [4.78, 5) is 11.5. The van der Waals surface area contributed by atoms with Gasteiger partial charge in [-0.15, -0.1) is 0 Å². The molecular formula is C12H18N2O2. The van der Waals surface area contributed by atoms with Crippen LogP contribution in [0.15, 0.2) is 18.2 Å². The number of amides is 1. The van der Waals surface area contributed by atoms with Crippen molar-refractivity contribution >= 4 is 11.8 Å². The molecule has 4 heteroatoms. The van der Waals surface area contributed by atoms with Crippen molar-refractivity contribution in [1.29, 1.82) is 0 Å². The van der Waals surface area contributed by atoms with Crippen LogP contribution in [0.1, 0.15) is 26.3 Å². The zero-order valence-electron chi connectivity index (χ0n) is 10.1. The molecule has 0 spiro atoms. The van der Waals surface area contributed by atoms with Gasteiger partial charge in [0.25, 0.3) is 0 Å². The van der Waals surface area contributed by atoms with Gasteiger partial charge in [-0.3, -0.25) is 0 Å². The van der Waals surface area contributed by atoms with Crippen molar-refractivity contribution in [3.05, 3.63) is 23.8 Å². The third-order valence-electron chi connectivity index (χ3n) is 1.93. The smallest absolute Gasteiger partial charge is 0.410 e. The maximum absolute atomic E-state index is 11.5. The van der Waals surface area contributed by atoms with Crippen LogP contribution in [0.4, 0.5) is 10.5 Å². The van der Waals surface area contributed by atoms with E-state index in [9.17, 15) is 4.79 Å². The van der Waals surface area contributed by atoms with Crippen LogP contribution >= 0.6 is 0 Å². The number of rotatable bonds is 1. The van der Waals surface area contributed by atoms with Gasteiger partial charge in [0.1, 0.15) is 5.75 Å². The lowest BCUT2D eigenvalue weighted by Crippen LogP contribution is -2.42. The highest BCUT2D eigenvalue weighted by Crippen LogP contribution is 2.18. The van der Waals surface area contributed by atoms with Gasteiger partial charge < -0.3 is 15.8 Å². The number of carbonyl (C=O) groups excluding carboxylic acids is 1. The minimum absolute atomic E-state index is 0.306. The maximum Gasteiger partial charge on any atom is 0.413 e. The number of hydrogen-bond donors (Lipinski definition) is 2. The largest absolute Gasteiger partial charge is 0.413 e. The second-order valence-electron chi connectivity index (χ2n) is 4.78. The van der Waals surface area contributed by atoms with Crippen LogP contribution in [-0.4, -0.2) is 11.6 Å². The molecule has 1 aromatic rings. The zero-order valence-corrected chi connectivity index (χ0v) is 10.1. The summed E-state index contributed by atoms with van der Waals surface area (Å²) < 4.78 is 5.12. The SMILES string of the molecule is Cc1cc(OC(=O)NC(C)(C)C)ccc1N. The minimum atomic E-state index is -0.461. The van der Waals surface area contributed by atoms with Crippen LogP contribution in [0.2, 0.25) is 0 Å².